The largest absolute Gasteiger partial charge is 0.462 e. The first-order chi connectivity index (χ1) is 15.0. The van der Waals surface area contributed by atoms with Crippen molar-refractivity contribution in [1.82, 2.24) is 0 Å². The van der Waals surface area contributed by atoms with Crippen LogP contribution in [0, 0.1) is 11.8 Å². The minimum Gasteiger partial charge on any atom is -0.462 e. The lowest BCUT2D eigenvalue weighted by molar-refractivity contribution is -0.168. The molecule has 0 bridgehead atoms. The minimum absolute atomic E-state index is 0.00439. The fraction of sp³-hybridized carbons (Fsp3) is 0.885. The van der Waals surface area contributed by atoms with E-state index in [2.05, 4.69) is 19.1 Å². The zero-order valence-electron chi connectivity index (χ0n) is 20.1. The van der Waals surface area contributed by atoms with E-state index >= 15 is 0 Å². The molecule has 2 rings (SSSR count). The predicted molar refractivity (Wildman–Crippen MR) is 124 cm³/mol. The summed E-state index contributed by atoms with van der Waals surface area (Å²) in [5, 5.41) is 10.6. The van der Waals surface area contributed by atoms with Crippen molar-refractivity contribution >= 4 is 5.97 Å². The van der Waals surface area contributed by atoms with Crippen molar-refractivity contribution in [3.8, 4) is 0 Å². The number of esters is 1. The third kappa shape index (κ3) is 9.63. The first-order valence-electron chi connectivity index (χ1n) is 12.8. The van der Waals surface area contributed by atoms with Gasteiger partial charge in [-0.2, -0.15) is 0 Å². The van der Waals surface area contributed by atoms with Gasteiger partial charge >= 0.3 is 5.97 Å². The highest BCUT2D eigenvalue weighted by atomic mass is 16.7. The lowest BCUT2D eigenvalue weighted by Gasteiger charge is -2.28. The molecule has 180 valence electrons. The zero-order chi connectivity index (χ0) is 22.5. The van der Waals surface area contributed by atoms with Crippen LogP contribution in [0.5, 0.6) is 0 Å². The fourth-order valence-corrected chi connectivity index (χ4v) is 5.14. The molecule has 31 heavy (non-hydrogen) atoms. The second-order valence-electron chi connectivity index (χ2n) is 9.32. The SMILES string of the molecule is CCCCCCC[C@H](O)CC[C@H]1C(OC(C)OCC)CC2OC(=O)CCC/C=C\CC21. The second-order valence-corrected chi connectivity index (χ2v) is 9.32. The van der Waals surface area contributed by atoms with E-state index in [-0.39, 0.29) is 42.4 Å². The maximum absolute atomic E-state index is 12.3. The number of carbonyl (C=O) groups is 1. The van der Waals surface area contributed by atoms with Crippen molar-refractivity contribution in [3.05, 3.63) is 12.2 Å². The third-order valence-electron chi connectivity index (χ3n) is 6.82. The van der Waals surface area contributed by atoms with Crippen molar-refractivity contribution in [3.63, 3.8) is 0 Å². The Morgan fingerprint density at radius 3 is 2.74 bits per heavy atom. The number of fused-ring (bicyclic) bond motifs is 1. The van der Waals surface area contributed by atoms with Gasteiger partial charge in [0.05, 0.1) is 12.2 Å². The molecule has 1 heterocycles. The van der Waals surface area contributed by atoms with Gasteiger partial charge in [-0.05, 0) is 58.3 Å². The molecule has 1 fully saturated rings. The lowest BCUT2D eigenvalue weighted by atomic mass is 9.85. The Kier molecular flexibility index (Phi) is 12.8. The topological polar surface area (TPSA) is 65.0 Å². The number of rotatable bonds is 13. The summed E-state index contributed by atoms with van der Waals surface area (Å²) in [6.45, 7) is 6.74. The molecule has 1 aliphatic carbocycles. The summed E-state index contributed by atoms with van der Waals surface area (Å²) in [6.07, 6.45) is 16.3. The Labute approximate surface area is 189 Å². The van der Waals surface area contributed by atoms with Crippen LogP contribution in [-0.2, 0) is 19.0 Å². The highest BCUT2D eigenvalue weighted by Gasteiger charge is 2.45. The van der Waals surface area contributed by atoms with Gasteiger partial charge in [-0.15, -0.1) is 0 Å². The summed E-state index contributed by atoms with van der Waals surface area (Å²) in [7, 11) is 0. The van der Waals surface area contributed by atoms with Crippen LogP contribution in [0.25, 0.3) is 0 Å². The lowest BCUT2D eigenvalue weighted by Crippen LogP contribution is -2.29. The van der Waals surface area contributed by atoms with Crippen LogP contribution in [0.4, 0.5) is 0 Å². The Bertz CT molecular complexity index is 520. The smallest absolute Gasteiger partial charge is 0.306 e. The molecule has 5 heteroatoms. The summed E-state index contributed by atoms with van der Waals surface area (Å²) in [6, 6.07) is 0. The first-order valence-corrected chi connectivity index (χ1v) is 12.8. The van der Waals surface area contributed by atoms with Gasteiger partial charge in [0.2, 0.25) is 0 Å². The number of unbranched alkanes of at least 4 members (excludes halogenated alkanes) is 4. The summed E-state index contributed by atoms with van der Waals surface area (Å²) < 4.78 is 17.8. The molecule has 1 aliphatic heterocycles. The highest BCUT2D eigenvalue weighted by molar-refractivity contribution is 5.69. The van der Waals surface area contributed by atoms with Gasteiger partial charge in [0.15, 0.2) is 6.29 Å². The Morgan fingerprint density at radius 1 is 1.16 bits per heavy atom. The number of allylic oxidation sites excluding steroid dienone is 2. The molecule has 2 aliphatic rings. The van der Waals surface area contributed by atoms with E-state index < -0.39 is 0 Å². The number of hydrogen-bond donors (Lipinski definition) is 1. The van der Waals surface area contributed by atoms with Crippen molar-refractivity contribution in [2.75, 3.05) is 6.61 Å². The van der Waals surface area contributed by atoms with Crippen LogP contribution in [0.1, 0.15) is 104 Å². The van der Waals surface area contributed by atoms with Crippen molar-refractivity contribution in [1.29, 1.82) is 0 Å². The quantitative estimate of drug-likeness (QED) is 0.167. The van der Waals surface area contributed by atoms with Gasteiger partial charge in [-0.25, -0.2) is 0 Å². The van der Waals surface area contributed by atoms with Crippen LogP contribution in [0.2, 0.25) is 0 Å². The molecule has 0 amide bonds. The van der Waals surface area contributed by atoms with Gasteiger partial charge in [-0.1, -0.05) is 51.2 Å². The normalized spacial score (nSPS) is 29.7. The van der Waals surface area contributed by atoms with Crippen molar-refractivity contribution in [2.45, 2.75) is 129 Å². The first kappa shape index (κ1) is 26.3. The molecule has 0 spiro atoms. The molecule has 0 aromatic carbocycles. The summed E-state index contributed by atoms with van der Waals surface area (Å²) >= 11 is 0. The second kappa shape index (κ2) is 15.0. The molecule has 0 radical (unpaired) electrons. The van der Waals surface area contributed by atoms with Gasteiger partial charge in [0, 0.05) is 25.4 Å². The summed E-state index contributed by atoms with van der Waals surface area (Å²) in [5.41, 5.74) is 0. The average Bonchev–Trinajstić information content (AvgIpc) is 3.04. The van der Waals surface area contributed by atoms with E-state index in [1.165, 1.54) is 25.7 Å². The van der Waals surface area contributed by atoms with E-state index in [0.717, 1.165) is 51.4 Å². The molecule has 0 aromatic heterocycles. The number of ether oxygens (including phenoxy) is 3. The maximum Gasteiger partial charge on any atom is 0.306 e. The summed E-state index contributed by atoms with van der Waals surface area (Å²) in [5.74, 6) is 0.420. The predicted octanol–water partition coefficient (Wildman–Crippen LogP) is 5.93. The van der Waals surface area contributed by atoms with E-state index in [0.29, 0.717) is 13.0 Å². The van der Waals surface area contributed by atoms with E-state index in [4.69, 9.17) is 14.2 Å². The Morgan fingerprint density at radius 2 is 1.97 bits per heavy atom. The molecular formula is C26H46O5. The third-order valence-corrected chi connectivity index (χ3v) is 6.82. The van der Waals surface area contributed by atoms with Crippen molar-refractivity contribution < 1.29 is 24.1 Å². The molecule has 4 unspecified atom stereocenters. The van der Waals surface area contributed by atoms with Gasteiger partial charge in [-0.3, -0.25) is 4.79 Å². The number of aliphatic hydroxyl groups is 1. The van der Waals surface area contributed by atoms with Gasteiger partial charge in [0.25, 0.3) is 0 Å². The molecular weight excluding hydrogens is 392 g/mol. The molecule has 0 aromatic rings. The fourth-order valence-electron chi connectivity index (χ4n) is 5.14. The van der Waals surface area contributed by atoms with Crippen molar-refractivity contribution in [2.24, 2.45) is 11.8 Å². The van der Waals surface area contributed by atoms with E-state index in [9.17, 15) is 9.90 Å². The van der Waals surface area contributed by atoms with Crippen LogP contribution in [0.3, 0.4) is 0 Å². The molecule has 1 saturated carbocycles. The zero-order valence-corrected chi connectivity index (χ0v) is 20.1. The molecule has 5 nitrogen and oxygen atoms in total. The Hall–Kier alpha value is -0.910. The van der Waals surface area contributed by atoms with Crippen LogP contribution < -0.4 is 0 Å². The molecule has 0 saturated heterocycles. The summed E-state index contributed by atoms with van der Waals surface area (Å²) in [4.78, 5) is 12.3. The number of aliphatic hydroxyl groups excluding tert-OH is 1. The van der Waals surface area contributed by atoms with E-state index in [1.807, 2.05) is 13.8 Å². The monoisotopic (exact) mass is 438 g/mol. The molecule has 6 atom stereocenters. The van der Waals surface area contributed by atoms with Crippen LogP contribution in [0.15, 0.2) is 12.2 Å². The minimum atomic E-state index is -0.276. The van der Waals surface area contributed by atoms with E-state index in [1.54, 1.807) is 0 Å². The van der Waals surface area contributed by atoms with Crippen LogP contribution in [-0.4, -0.2) is 42.3 Å². The maximum atomic E-state index is 12.3. The van der Waals surface area contributed by atoms with Gasteiger partial charge < -0.3 is 19.3 Å². The van der Waals surface area contributed by atoms with Gasteiger partial charge in [0.1, 0.15) is 6.10 Å². The molecule has 1 N–H and O–H groups in total. The number of hydrogen-bond acceptors (Lipinski definition) is 5. The average molecular weight is 439 g/mol. The standard InChI is InChI=1S/C26H46O5/c1-4-6-7-8-11-14-21(27)17-18-23-22-15-12-9-10-13-16-26(28)31-25(22)19-24(23)30-20(3)29-5-2/h9,12,20-25,27H,4-8,10-11,13-19H2,1-3H3/b12-9-/t20?,21-,22?,23+,24?,25?/m0/s1. The van der Waals surface area contributed by atoms with Crippen LogP contribution >= 0.6 is 0 Å². The highest BCUT2D eigenvalue weighted by Crippen LogP contribution is 2.42. The Balaban J connectivity index is 1.98. The number of carbonyl (C=O) groups excluding carboxylic acids is 1.